The zero-order valence-corrected chi connectivity index (χ0v) is 16.9. The summed E-state index contributed by atoms with van der Waals surface area (Å²) in [5.41, 5.74) is 8.78. The van der Waals surface area contributed by atoms with E-state index in [-0.39, 0.29) is 9.31 Å². The van der Waals surface area contributed by atoms with Crippen molar-refractivity contribution in [2.24, 2.45) is 5.73 Å². The van der Waals surface area contributed by atoms with E-state index in [1.807, 2.05) is 5.43 Å². The summed E-state index contributed by atoms with van der Waals surface area (Å²) >= 11 is 0. The summed E-state index contributed by atoms with van der Waals surface area (Å²) in [7, 11) is -4.44. The molecule has 0 saturated heterocycles. The molecule has 4 amide bonds. The Morgan fingerprint density at radius 1 is 0.800 bits per heavy atom. The van der Waals surface area contributed by atoms with E-state index in [1.54, 1.807) is 79.7 Å². The summed E-state index contributed by atoms with van der Waals surface area (Å²) in [5, 5.41) is 0. The number of nitrogens with one attached hydrogen (secondary N) is 1. The number of hydrazine groups is 1. The molecule has 0 fully saturated rings. The lowest BCUT2D eigenvalue weighted by atomic mass is 10.2. The number of benzene rings is 3. The van der Waals surface area contributed by atoms with Crippen LogP contribution in [0, 0.1) is 6.92 Å². The van der Waals surface area contributed by atoms with E-state index in [4.69, 9.17) is 5.73 Å². The summed E-state index contributed by atoms with van der Waals surface area (Å²) in [6.07, 6.45) is 0. The Bertz CT molecular complexity index is 1100. The Morgan fingerprint density at radius 3 is 1.70 bits per heavy atom. The second kappa shape index (κ2) is 8.66. The fraction of sp³-hybridized carbons (Fsp3) is 0.0476. The normalized spacial score (nSPS) is 10.8. The number of hydrogen-bond acceptors (Lipinski definition) is 4. The van der Waals surface area contributed by atoms with Crippen molar-refractivity contribution in [1.29, 1.82) is 0 Å². The fourth-order valence-corrected chi connectivity index (χ4v) is 3.93. The number of aryl methyl sites for hydroxylation is 1. The Kier molecular flexibility index (Phi) is 6.03. The summed E-state index contributed by atoms with van der Waals surface area (Å²) in [4.78, 5) is 26.0. The average molecular weight is 424 g/mol. The van der Waals surface area contributed by atoms with Crippen molar-refractivity contribution in [3.05, 3.63) is 90.5 Å². The van der Waals surface area contributed by atoms with Crippen molar-refractivity contribution in [3.8, 4) is 0 Å². The number of sulfonamides is 1. The molecule has 0 radical (unpaired) electrons. The number of nitrogens with zero attached hydrogens (tertiary/aromatic N) is 2. The summed E-state index contributed by atoms with van der Waals surface area (Å²) in [6, 6.07) is 20.6. The van der Waals surface area contributed by atoms with E-state index in [0.717, 1.165) is 5.56 Å². The number of rotatable bonds is 4. The van der Waals surface area contributed by atoms with Crippen LogP contribution in [0.5, 0.6) is 0 Å². The molecule has 9 heteroatoms. The number of urea groups is 2. The SMILES string of the molecule is Cc1ccc(S(=O)(=O)N(NC(N)=O)C(=O)N(c2ccccc2)c2ccccc2)cc1. The van der Waals surface area contributed by atoms with Gasteiger partial charge in [-0.05, 0) is 43.3 Å². The third-order valence-corrected chi connectivity index (χ3v) is 5.76. The number of amides is 4. The van der Waals surface area contributed by atoms with Crippen LogP contribution in [0.2, 0.25) is 0 Å². The molecular weight excluding hydrogens is 404 g/mol. The summed E-state index contributed by atoms with van der Waals surface area (Å²) in [5.74, 6) is 0. The molecule has 0 aliphatic rings. The predicted octanol–water partition coefficient (Wildman–Crippen LogP) is 3.53. The van der Waals surface area contributed by atoms with Crippen molar-refractivity contribution in [3.63, 3.8) is 0 Å². The largest absolute Gasteiger partial charge is 0.362 e. The molecule has 3 aromatic carbocycles. The highest BCUT2D eigenvalue weighted by Gasteiger charge is 2.35. The minimum absolute atomic E-state index is 0.170. The minimum Gasteiger partial charge on any atom is -0.350 e. The molecule has 0 heterocycles. The van der Waals surface area contributed by atoms with Crippen LogP contribution in [0.1, 0.15) is 5.56 Å². The smallest absolute Gasteiger partial charge is 0.350 e. The first-order chi connectivity index (χ1) is 14.3. The number of primary amides is 1. The Morgan fingerprint density at radius 2 is 1.27 bits per heavy atom. The second-order valence-corrected chi connectivity index (χ2v) is 8.13. The summed E-state index contributed by atoms with van der Waals surface area (Å²) < 4.78 is 26.6. The molecule has 0 saturated carbocycles. The second-order valence-electron chi connectivity index (χ2n) is 6.35. The van der Waals surface area contributed by atoms with Crippen LogP contribution in [0.4, 0.5) is 21.0 Å². The lowest BCUT2D eigenvalue weighted by Gasteiger charge is -2.29. The highest BCUT2D eigenvalue weighted by atomic mass is 32.2. The van der Waals surface area contributed by atoms with Gasteiger partial charge in [-0.2, -0.15) is 8.42 Å². The van der Waals surface area contributed by atoms with Gasteiger partial charge in [0.25, 0.3) is 10.0 Å². The van der Waals surface area contributed by atoms with E-state index in [0.29, 0.717) is 11.4 Å². The van der Waals surface area contributed by atoms with Crippen molar-refractivity contribution < 1.29 is 18.0 Å². The first-order valence-corrected chi connectivity index (χ1v) is 10.4. The molecule has 3 aromatic rings. The van der Waals surface area contributed by atoms with E-state index < -0.39 is 22.1 Å². The number of carbonyl (C=O) groups excluding carboxylic acids is 2. The number of para-hydroxylation sites is 2. The maximum absolute atomic E-state index is 13.5. The van der Waals surface area contributed by atoms with Gasteiger partial charge in [0.1, 0.15) is 0 Å². The zero-order valence-electron chi connectivity index (χ0n) is 16.1. The molecule has 3 N–H and O–H groups in total. The lowest BCUT2D eigenvalue weighted by molar-refractivity contribution is 0.209. The Labute approximate surface area is 174 Å². The van der Waals surface area contributed by atoms with Gasteiger partial charge >= 0.3 is 12.1 Å². The minimum atomic E-state index is -4.44. The van der Waals surface area contributed by atoms with Crippen LogP contribution in [0.25, 0.3) is 0 Å². The molecule has 3 rings (SSSR count). The maximum Gasteiger partial charge on any atom is 0.362 e. The molecular formula is C21H20N4O4S. The molecule has 154 valence electrons. The van der Waals surface area contributed by atoms with Gasteiger partial charge in [0, 0.05) is 0 Å². The molecule has 0 aliphatic heterocycles. The number of anilines is 2. The third kappa shape index (κ3) is 4.41. The molecule has 0 unspecified atom stereocenters. The van der Waals surface area contributed by atoms with Crippen molar-refractivity contribution in [2.45, 2.75) is 11.8 Å². The van der Waals surface area contributed by atoms with E-state index in [2.05, 4.69) is 0 Å². The zero-order chi connectivity index (χ0) is 21.7. The molecule has 0 spiro atoms. The van der Waals surface area contributed by atoms with Crippen LogP contribution in [-0.2, 0) is 10.0 Å². The van der Waals surface area contributed by atoms with Crippen LogP contribution < -0.4 is 16.1 Å². The Hall–Kier alpha value is -3.85. The van der Waals surface area contributed by atoms with Gasteiger partial charge in [-0.25, -0.2) is 15.0 Å². The fourth-order valence-electron chi connectivity index (χ4n) is 2.74. The first kappa shape index (κ1) is 20.9. The first-order valence-electron chi connectivity index (χ1n) is 8.93. The van der Waals surface area contributed by atoms with E-state index in [9.17, 15) is 18.0 Å². The van der Waals surface area contributed by atoms with Crippen molar-refractivity contribution in [2.75, 3.05) is 4.90 Å². The number of carbonyl (C=O) groups is 2. The highest BCUT2D eigenvalue weighted by molar-refractivity contribution is 7.89. The van der Waals surface area contributed by atoms with Crippen LogP contribution in [-0.4, -0.2) is 24.9 Å². The van der Waals surface area contributed by atoms with Gasteiger partial charge in [0.05, 0.1) is 16.3 Å². The molecule has 0 aliphatic carbocycles. The van der Waals surface area contributed by atoms with Gasteiger partial charge in [0.2, 0.25) is 0 Å². The average Bonchev–Trinajstić information content (AvgIpc) is 2.74. The quantitative estimate of drug-likeness (QED) is 0.624. The molecule has 30 heavy (non-hydrogen) atoms. The molecule has 0 aromatic heterocycles. The van der Waals surface area contributed by atoms with Crippen LogP contribution in [0.15, 0.2) is 89.8 Å². The van der Waals surface area contributed by atoms with Gasteiger partial charge in [-0.3, -0.25) is 4.90 Å². The third-order valence-electron chi connectivity index (χ3n) is 4.16. The van der Waals surface area contributed by atoms with E-state index >= 15 is 0 Å². The lowest BCUT2D eigenvalue weighted by Crippen LogP contribution is -2.55. The van der Waals surface area contributed by atoms with Crippen molar-refractivity contribution >= 4 is 33.5 Å². The van der Waals surface area contributed by atoms with Gasteiger partial charge in [-0.15, -0.1) is 4.41 Å². The van der Waals surface area contributed by atoms with Gasteiger partial charge < -0.3 is 5.73 Å². The monoisotopic (exact) mass is 424 g/mol. The summed E-state index contributed by atoms with van der Waals surface area (Å²) in [6.45, 7) is 1.80. The number of nitrogens with two attached hydrogens (primary N) is 1. The molecule has 8 nitrogen and oxygen atoms in total. The maximum atomic E-state index is 13.5. The molecule has 0 atom stereocenters. The van der Waals surface area contributed by atoms with Gasteiger partial charge in [0.15, 0.2) is 0 Å². The topological polar surface area (TPSA) is 113 Å². The number of hydrogen-bond donors (Lipinski definition) is 2. The van der Waals surface area contributed by atoms with Crippen LogP contribution in [0.3, 0.4) is 0 Å². The highest BCUT2D eigenvalue weighted by Crippen LogP contribution is 2.28. The van der Waals surface area contributed by atoms with Gasteiger partial charge in [-0.1, -0.05) is 54.1 Å². The van der Waals surface area contributed by atoms with Crippen molar-refractivity contribution in [1.82, 2.24) is 9.84 Å². The Balaban J connectivity index is 2.12. The van der Waals surface area contributed by atoms with E-state index in [1.165, 1.54) is 17.0 Å². The standard InChI is InChI=1S/C21H20N4O4S/c1-16-12-14-19(15-13-16)30(28,29)25(23-20(22)26)21(27)24(17-8-4-2-5-9-17)18-10-6-3-7-11-18/h2-15H,1H3,(H3,22,23,26). The van der Waals surface area contributed by atoms with Crippen LogP contribution >= 0.6 is 0 Å². The predicted molar refractivity (Wildman–Crippen MR) is 113 cm³/mol. The molecule has 0 bridgehead atoms.